The molecule has 1 aliphatic carbocycles. The van der Waals surface area contributed by atoms with Gasteiger partial charge in [0.25, 0.3) is 0 Å². The standard InChI is InChI=1S/C29H40N6/c1-6-8-9-10-12-20(3)25-19-23-15-18-35-22(5)32-34-33-28(35)27(23)31-26(25)21(4)13-14-24(7-2)29(30)16-11-17-29/h7-10,12-13,15,18-20,23-24,27,34H,2,6,11,14,16-17,30H2,1,3-5H3/b9-8-,12-10-,21-13+. The second-order valence-electron chi connectivity index (χ2n) is 10.1. The van der Waals surface area contributed by atoms with E-state index in [1.165, 1.54) is 17.6 Å². The number of nitrogens with one attached hydrogen (secondary N) is 1. The zero-order valence-corrected chi connectivity index (χ0v) is 21.6. The molecule has 1 saturated carbocycles. The molecule has 0 radical (unpaired) electrons. The highest BCUT2D eigenvalue weighted by Crippen LogP contribution is 2.39. The number of amidine groups is 2. The number of allylic oxidation sites excluding steroid dienone is 7. The lowest BCUT2D eigenvalue weighted by Crippen LogP contribution is -2.52. The van der Waals surface area contributed by atoms with Crippen LogP contribution in [0.2, 0.25) is 0 Å². The number of nitrogens with two attached hydrogens (primary N) is 1. The molecule has 6 nitrogen and oxygen atoms in total. The van der Waals surface area contributed by atoms with Gasteiger partial charge in [-0.25, -0.2) is 0 Å². The Balaban J connectivity index is 1.66. The normalized spacial score (nSPS) is 27.1. The van der Waals surface area contributed by atoms with Crippen molar-refractivity contribution in [2.24, 2.45) is 38.7 Å². The van der Waals surface area contributed by atoms with Crippen LogP contribution in [0, 0.1) is 17.8 Å². The van der Waals surface area contributed by atoms with Gasteiger partial charge in [-0.05, 0) is 63.0 Å². The number of hydrogen-bond donors (Lipinski definition) is 2. The Morgan fingerprint density at radius 1 is 1.34 bits per heavy atom. The fraction of sp³-hybridized carbons (Fsp3) is 0.483. The fourth-order valence-corrected chi connectivity index (χ4v) is 5.24. The van der Waals surface area contributed by atoms with Crippen LogP contribution in [-0.4, -0.2) is 33.9 Å². The Morgan fingerprint density at radius 3 is 2.83 bits per heavy atom. The molecule has 0 spiro atoms. The van der Waals surface area contributed by atoms with Crippen molar-refractivity contribution in [3.05, 3.63) is 72.5 Å². The molecule has 0 aromatic rings. The van der Waals surface area contributed by atoms with Crippen molar-refractivity contribution in [1.29, 1.82) is 0 Å². The van der Waals surface area contributed by atoms with Crippen LogP contribution in [-0.2, 0) is 0 Å². The van der Waals surface area contributed by atoms with Crippen LogP contribution in [0.25, 0.3) is 0 Å². The van der Waals surface area contributed by atoms with Crippen LogP contribution in [0.4, 0.5) is 0 Å². The van der Waals surface area contributed by atoms with Crippen LogP contribution in [0.15, 0.2) is 87.7 Å². The average molecular weight is 473 g/mol. The maximum atomic E-state index is 6.65. The lowest BCUT2D eigenvalue weighted by Gasteiger charge is -2.43. The predicted octanol–water partition coefficient (Wildman–Crippen LogP) is 5.61. The molecule has 3 aliphatic heterocycles. The lowest BCUT2D eigenvalue weighted by molar-refractivity contribution is 0.184. The minimum absolute atomic E-state index is 0.0844. The first kappa shape index (κ1) is 25.1. The molecule has 3 N–H and O–H groups in total. The van der Waals surface area contributed by atoms with Crippen LogP contribution in [0.1, 0.15) is 59.8 Å². The summed E-state index contributed by atoms with van der Waals surface area (Å²) in [5, 5.41) is 8.74. The average Bonchev–Trinajstić information content (AvgIpc) is 2.84. The summed E-state index contributed by atoms with van der Waals surface area (Å²) in [6.45, 7) is 12.6. The molecule has 0 aromatic heterocycles. The molecule has 4 rings (SSSR count). The molecule has 0 amide bonds. The Labute approximate surface area is 210 Å². The summed E-state index contributed by atoms with van der Waals surface area (Å²) in [7, 11) is 0. The smallest absolute Gasteiger partial charge is 0.162 e. The maximum Gasteiger partial charge on any atom is 0.162 e. The van der Waals surface area contributed by atoms with Gasteiger partial charge < -0.3 is 5.73 Å². The van der Waals surface area contributed by atoms with Crippen LogP contribution in [0.5, 0.6) is 0 Å². The Kier molecular flexibility index (Phi) is 7.70. The Hall–Kier alpha value is -2.99. The van der Waals surface area contributed by atoms with Crippen LogP contribution in [0.3, 0.4) is 0 Å². The molecule has 4 aliphatic rings. The fourth-order valence-electron chi connectivity index (χ4n) is 5.24. The summed E-state index contributed by atoms with van der Waals surface area (Å²) in [5.74, 6) is 2.44. The van der Waals surface area contributed by atoms with Gasteiger partial charge in [0.15, 0.2) is 5.84 Å². The summed E-state index contributed by atoms with van der Waals surface area (Å²) in [6.07, 6.45) is 25.0. The number of dihydropyridines is 1. The minimum Gasteiger partial charge on any atom is -0.325 e. The van der Waals surface area contributed by atoms with Crippen molar-refractivity contribution in [3.63, 3.8) is 0 Å². The SMILES string of the molecule is C=CC(C/C=C(\C)C1=NC2C3=NNN=C(C)N3C=CC2C=C1C(C)/C=C\C=C/CC)C1(N)CCC1. The highest BCUT2D eigenvalue weighted by atomic mass is 15.6. The highest BCUT2D eigenvalue weighted by molar-refractivity contribution is 6.15. The summed E-state index contributed by atoms with van der Waals surface area (Å²) >= 11 is 0. The van der Waals surface area contributed by atoms with E-state index in [0.717, 1.165) is 43.1 Å². The second-order valence-corrected chi connectivity index (χ2v) is 10.1. The van der Waals surface area contributed by atoms with E-state index in [4.69, 9.17) is 10.7 Å². The van der Waals surface area contributed by atoms with E-state index in [0.29, 0.717) is 0 Å². The molecule has 4 unspecified atom stereocenters. The summed E-state index contributed by atoms with van der Waals surface area (Å²) in [4.78, 5) is 7.35. The summed E-state index contributed by atoms with van der Waals surface area (Å²) < 4.78 is 0. The van der Waals surface area contributed by atoms with Crippen molar-refractivity contribution in [3.8, 4) is 0 Å². The quantitative estimate of drug-likeness (QED) is 0.338. The van der Waals surface area contributed by atoms with Gasteiger partial charge in [0.2, 0.25) is 0 Å². The molecule has 35 heavy (non-hydrogen) atoms. The number of aliphatic imine (C=N–C) groups is 1. The van der Waals surface area contributed by atoms with E-state index in [1.54, 1.807) is 0 Å². The number of fused-ring (bicyclic) bond motifs is 3. The lowest BCUT2D eigenvalue weighted by atomic mass is 9.67. The van der Waals surface area contributed by atoms with E-state index in [-0.39, 0.29) is 29.3 Å². The maximum absolute atomic E-state index is 6.65. The molecular weight excluding hydrogens is 432 g/mol. The zero-order chi connectivity index (χ0) is 25.0. The molecule has 4 atom stereocenters. The number of hydrazone groups is 2. The third-order valence-corrected chi connectivity index (χ3v) is 7.70. The van der Waals surface area contributed by atoms with Gasteiger partial charge in [-0.3, -0.25) is 9.89 Å². The van der Waals surface area contributed by atoms with E-state index in [2.05, 4.69) is 91.8 Å². The second kappa shape index (κ2) is 10.7. The molecule has 0 bridgehead atoms. The van der Waals surface area contributed by atoms with Crippen molar-refractivity contribution in [2.75, 3.05) is 0 Å². The highest BCUT2D eigenvalue weighted by Gasteiger charge is 2.39. The Bertz CT molecular complexity index is 1060. The molecular formula is C29H40N6. The first-order valence-corrected chi connectivity index (χ1v) is 12.9. The number of hydrogen-bond acceptors (Lipinski definition) is 6. The van der Waals surface area contributed by atoms with E-state index < -0.39 is 0 Å². The number of rotatable bonds is 9. The van der Waals surface area contributed by atoms with E-state index in [1.807, 2.05) is 17.9 Å². The van der Waals surface area contributed by atoms with Crippen molar-refractivity contribution in [1.82, 2.24) is 10.4 Å². The van der Waals surface area contributed by atoms with Crippen LogP contribution < -0.4 is 11.3 Å². The number of nitrogens with zero attached hydrogens (tertiary/aromatic N) is 4. The van der Waals surface area contributed by atoms with Crippen molar-refractivity contribution >= 4 is 17.4 Å². The first-order valence-electron chi connectivity index (χ1n) is 12.9. The third-order valence-electron chi connectivity index (χ3n) is 7.70. The van der Waals surface area contributed by atoms with Crippen molar-refractivity contribution < 1.29 is 0 Å². The summed E-state index contributed by atoms with van der Waals surface area (Å²) in [6, 6.07) is -0.0844. The summed E-state index contributed by atoms with van der Waals surface area (Å²) in [5.41, 5.74) is 12.9. The molecule has 3 heterocycles. The molecule has 6 heteroatoms. The van der Waals surface area contributed by atoms with E-state index in [9.17, 15) is 0 Å². The zero-order valence-electron chi connectivity index (χ0n) is 21.6. The van der Waals surface area contributed by atoms with Gasteiger partial charge in [-0.15, -0.1) is 16.8 Å². The third kappa shape index (κ3) is 5.18. The molecule has 0 saturated heterocycles. The van der Waals surface area contributed by atoms with Gasteiger partial charge in [0.05, 0.1) is 5.71 Å². The van der Waals surface area contributed by atoms with E-state index >= 15 is 0 Å². The molecule has 0 aromatic carbocycles. The van der Waals surface area contributed by atoms with Crippen molar-refractivity contribution in [2.45, 2.75) is 71.4 Å². The van der Waals surface area contributed by atoms with Gasteiger partial charge in [-0.1, -0.05) is 62.5 Å². The molecule has 186 valence electrons. The minimum atomic E-state index is -0.105. The molecule has 1 fully saturated rings. The van der Waals surface area contributed by atoms with Crippen LogP contribution >= 0.6 is 0 Å². The van der Waals surface area contributed by atoms with Gasteiger partial charge in [0, 0.05) is 23.6 Å². The first-order chi connectivity index (χ1) is 16.9. The van der Waals surface area contributed by atoms with Gasteiger partial charge >= 0.3 is 0 Å². The largest absolute Gasteiger partial charge is 0.325 e. The predicted molar refractivity (Wildman–Crippen MR) is 148 cm³/mol. The monoisotopic (exact) mass is 472 g/mol. The topological polar surface area (TPSA) is 78.4 Å². The Morgan fingerprint density at radius 2 is 2.14 bits per heavy atom. The van der Waals surface area contributed by atoms with Gasteiger partial charge in [0.1, 0.15) is 11.9 Å². The van der Waals surface area contributed by atoms with Gasteiger partial charge in [-0.2, -0.15) is 5.53 Å².